The second-order valence-corrected chi connectivity index (χ2v) is 6.29. The molecule has 1 heterocycles. The van der Waals surface area contributed by atoms with E-state index in [9.17, 15) is 9.59 Å². The molecule has 0 atom stereocenters. The Morgan fingerprint density at radius 1 is 1.14 bits per heavy atom. The van der Waals surface area contributed by atoms with Gasteiger partial charge in [0, 0.05) is 26.2 Å². The van der Waals surface area contributed by atoms with Crippen molar-refractivity contribution in [1.29, 1.82) is 0 Å². The van der Waals surface area contributed by atoms with Crippen LogP contribution in [-0.4, -0.2) is 68.7 Å². The summed E-state index contributed by atoms with van der Waals surface area (Å²) in [5.41, 5.74) is 1.11. The van der Waals surface area contributed by atoms with Crippen LogP contribution < -0.4 is 25.4 Å². The topological polar surface area (TPSA) is 104 Å². The molecule has 1 saturated heterocycles. The molecule has 0 aliphatic carbocycles. The SMILES string of the molecule is CCNC(=NCCc1ccc(OCC)c(OCC)c1)NCCN1C(=O)CNC1=O. The molecule has 1 aromatic carbocycles. The summed E-state index contributed by atoms with van der Waals surface area (Å²) in [4.78, 5) is 28.9. The van der Waals surface area contributed by atoms with Crippen molar-refractivity contribution in [2.45, 2.75) is 27.2 Å². The van der Waals surface area contributed by atoms with E-state index in [1.165, 1.54) is 4.90 Å². The number of nitrogens with zero attached hydrogens (tertiary/aromatic N) is 2. The molecule has 0 aromatic heterocycles. The van der Waals surface area contributed by atoms with Crippen molar-refractivity contribution in [1.82, 2.24) is 20.9 Å². The molecule has 160 valence electrons. The van der Waals surface area contributed by atoms with Gasteiger partial charge in [0.1, 0.15) is 0 Å². The molecule has 1 aromatic rings. The van der Waals surface area contributed by atoms with E-state index in [-0.39, 0.29) is 18.5 Å². The average molecular weight is 405 g/mol. The van der Waals surface area contributed by atoms with Crippen LogP contribution in [-0.2, 0) is 11.2 Å². The van der Waals surface area contributed by atoms with E-state index in [0.29, 0.717) is 45.4 Å². The minimum Gasteiger partial charge on any atom is -0.490 e. The zero-order chi connectivity index (χ0) is 21.1. The molecular formula is C20H31N5O4. The number of urea groups is 1. The molecule has 2 rings (SSSR count). The second-order valence-electron chi connectivity index (χ2n) is 6.29. The van der Waals surface area contributed by atoms with Gasteiger partial charge in [0.05, 0.1) is 19.8 Å². The summed E-state index contributed by atoms with van der Waals surface area (Å²) in [5, 5.41) is 8.82. The Labute approximate surface area is 171 Å². The van der Waals surface area contributed by atoms with Gasteiger partial charge in [-0.15, -0.1) is 0 Å². The highest BCUT2D eigenvalue weighted by Crippen LogP contribution is 2.28. The molecule has 9 heteroatoms. The maximum atomic E-state index is 11.6. The van der Waals surface area contributed by atoms with Crippen molar-refractivity contribution >= 4 is 17.9 Å². The predicted molar refractivity (Wildman–Crippen MR) is 112 cm³/mol. The van der Waals surface area contributed by atoms with E-state index < -0.39 is 0 Å². The lowest BCUT2D eigenvalue weighted by atomic mass is 10.1. The summed E-state index contributed by atoms with van der Waals surface area (Å²) in [6.45, 7) is 9.13. The summed E-state index contributed by atoms with van der Waals surface area (Å²) in [7, 11) is 0. The molecule has 29 heavy (non-hydrogen) atoms. The summed E-state index contributed by atoms with van der Waals surface area (Å²) in [5.74, 6) is 1.93. The first kappa shape index (κ1) is 22.3. The number of carbonyl (C=O) groups excluding carboxylic acids is 2. The number of hydrogen-bond donors (Lipinski definition) is 3. The minimum absolute atomic E-state index is 0.0683. The van der Waals surface area contributed by atoms with Crippen molar-refractivity contribution < 1.29 is 19.1 Å². The molecular weight excluding hydrogens is 374 g/mol. The van der Waals surface area contributed by atoms with Crippen LogP contribution in [0.3, 0.4) is 0 Å². The van der Waals surface area contributed by atoms with Crippen molar-refractivity contribution in [2.75, 3.05) is 45.9 Å². The third-order valence-corrected chi connectivity index (χ3v) is 4.19. The van der Waals surface area contributed by atoms with E-state index >= 15 is 0 Å². The number of nitrogens with one attached hydrogen (secondary N) is 3. The first-order valence-corrected chi connectivity index (χ1v) is 10.1. The highest BCUT2D eigenvalue weighted by atomic mass is 16.5. The minimum atomic E-state index is -0.348. The highest BCUT2D eigenvalue weighted by molar-refractivity contribution is 6.01. The fourth-order valence-electron chi connectivity index (χ4n) is 2.86. The Morgan fingerprint density at radius 2 is 1.90 bits per heavy atom. The van der Waals surface area contributed by atoms with Gasteiger partial charge < -0.3 is 25.4 Å². The third kappa shape index (κ3) is 6.85. The Morgan fingerprint density at radius 3 is 2.55 bits per heavy atom. The Bertz CT molecular complexity index is 707. The molecule has 1 fully saturated rings. The molecule has 0 unspecified atom stereocenters. The van der Waals surface area contributed by atoms with Crippen molar-refractivity contribution in [3.63, 3.8) is 0 Å². The first-order valence-electron chi connectivity index (χ1n) is 10.1. The number of guanidine groups is 1. The van der Waals surface area contributed by atoms with Crippen molar-refractivity contribution in [3.8, 4) is 11.5 Å². The molecule has 1 aliphatic heterocycles. The molecule has 1 aliphatic rings. The predicted octanol–water partition coefficient (Wildman–Crippen LogP) is 1.13. The average Bonchev–Trinajstić information content (AvgIpc) is 3.02. The quantitative estimate of drug-likeness (QED) is 0.290. The van der Waals surface area contributed by atoms with E-state index in [1.807, 2.05) is 39.0 Å². The van der Waals surface area contributed by atoms with Gasteiger partial charge in [-0.05, 0) is 44.9 Å². The number of rotatable bonds is 11. The third-order valence-electron chi connectivity index (χ3n) is 4.19. The second kappa shape index (κ2) is 11.8. The van der Waals surface area contributed by atoms with Gasteiger partial charge in [-0.1, -0.05) is 6.07 Å². The zero-order valence-corrected chi connectivity index (χ0v) is 17.4. The fraction of sp³-hybridized carbons (Fsp3) is 0.550. The largest absolute Gasteiger partial charge is 0.490 e. The van der Waals surface area contributed by atoms with Crippen LogP contribution in [0.1, 0.15) is 26.3 Å². The van der Waals surface area contributed by atoms with Gasteiger partial charge in [0.25, 0.3) is 0 Å². The van der Waals surface area contributed by atoms with Crippen LogP contribution in [0.4, 0.5) is 4.79 Å². The number of imide groups is 1. The summed E-state index contributed by atoms with van der Waals surface area (Å²) in [6.07, 6.45) is 0.746. The number of carbonyl (C=O) groups is 2. The molecule has 3 amide bonds. The fourth-order valence-corrected chi connectivity index (χ4v) is 2.86. The van der Waals surface area contributed by atoms with Crippen LogP contribution in [0.25, 0.3) is 0 Å². The first-order chi connectivity index (χ1) is 14.1. The molecule has 0 bridgehead atoms. The molecule has 0 spiro atoms. The van der Waals surface area contributed by atoms with Gasteiger partial charge in [-0.2, -0.15) is 0 Å². The smallest absolute Gasteiger partial charge is 0.324 e. The van der Waals surface area contributed by atoms with E-state index in [2.05, 4.69) is 20.9 Å². The zero-order valence-electron chi connectivity index (χ0n) is 17.4. The molecule has 3 N–H and O–H groups in total. The Hall–Kier alpha value is -2.97. The summed E-state index contributed by atoms with van der Waals surface area (Å²) >= 11 is 0. The maximum absolute atomic E-state index is 11.6. The van der Waals surface area contributed by atoms with Gasteiger partial charge in [-0.25, -0.2) is 4.79 Å². The Kier molecular flexibility index (Phi) is 9.07. The lowest BCUT2D eigenvalue weighted by molar-refractivity contribution is -0.124. The van der Waals surface area contributed by atoms with Gasteiger partial charge >= 0.3 is 6.03 Å². The van der Waals surface area contributed by atoms with Crippen molar-refractivity contribution in [3.05, 3.63) is 23.8 Å². The van der Waals surface area contributed by atoms with Crippen LogP contribution in [0.15, 0.2) is 23.2 Å². The molecule has 0 radical (unpaired) electrons. The van der Waals surface area contributed by atoms with Crippen LogP contribution in [0.5, 0.6) is 11.5 Å². The van der Waals surface area contributed by atoms with Crippen molar-refractivity contribution in [2.24, 2.45) is 4.99 Å². The number of amides is 3. The normalized spacial score (nSPS) is 14.0. The molecule has 0 saturated carbocycles. The van der Waals surface area contributed by atoms with Gasteiger partial charge in [0.15, 0.2) is 17.5 Å². The standard InChI is InChI=1S/C20H31N5O4/c1-4-21-19(23-11-12-25-18(26)14-24-20(25)27)22-10-9-15-7-8-16(28-5-2)17(13-15)29-6-3/h7-8,13H,4-6,9-12,14H2,1-3H3,(H,24,27)(H2,21,22,23). The number of ether oxygens (including phenoxy) is 2. The van der Waals surface area contributed by atoms with E-state index in [1.54, 1.807) is 0 Å². The van der Waals surface area contributed by atoms with Crippen LogP contribution >= 0.6 is 0 Å². The van der Waals surface area contributed by atoms with E-state index in [0.717, 1.165) is 23.5 Å². The number of hydrogen-bond acceptors (Lipinski definition) is 5. The molecule has 9 nitrogen and oxygen atoms in total. The monoisotopic (exact) mass is 405 g/mol. The summed E-state index contributed by atoms with van der Waals surface area (Å²) < 4.78 is 11.3. The van der Waals surface area contributed by atoms with Gasteiger partial charge in [-0.3, -0.25) is 14.7 Å². The highest BCUT2D eigenvalue weighted by Gasteiger charge is 2.27. The van der Waals surface area contributed by atoms with Crippen LogP contribution in [0, 0.1) is 0 Å². The van der Waals surface area contributed by atoms with Gasteiger partial charge in [0.2, 0.25) is 5.91 Å². The summed E-state index contributed by atoms with van der Waals surface area (Å²) in [6, 6.07) is 5.58. The van der Waals surface area contributed by atoms with E-state index in [4.69, 9.17) is 9.47 Å². The Balaban J connectivity index is 1.88. The van der Waals surface area contributed by atoms with Crippen LogP contribution in [0.2, 0.25) is 0 Å². The maximum Gasteiger partial charge on any atom is 0.324 e. The number of aliphatic imine (C=N–C) groups is 1. The lowest BCUT2D eigenvalue weighted by Crippen LogP contribution is -2.43. The lowest BCUT2D eigenvalue weighted by Gasteiger charge is -2.15. The number of benzene rings is 1.